The molecule has 0 aromatic carbocycles. The third-order valence-corrected chi connectivity index (χ3v) is 13.4. The second-order valence-electron chi connectivity index (χ2n) is 20.0. The molecule has 0 amide bonds. The summed E-state index contributed by atoms with van der Waals surface area (Å²) in [5.41, 5.74) is 0. The van der Waals surface area contributed by atoms with Gasteiger partial charge in [-0.1, -0.05) is 251 Å². The first kappa shape index (κ1) is 62.0. The second-order valence-corrected chi connectivity index (χ2v) is 21.4. The molecular weight excluding hydrogens is 810 g/mol. The second kappa shape index (κ2) is 46.1. The van der Waals surface area contributed by atoms with E-state index in [9.17, 15) is 19.0 Å². The molecule has 0 aliphatic heterocycles. The minimum Gasteiger partial charge on any atom is -0.462 e. The van der Waals surface area contributed by atoms with Crippen molar-refractivity contribution in [1.29, 1.82) is 0 Å². The smallest absolute Gasteiger partial charge is 0.462 e. The van der Waals surface area contributed by atoms with Crippen LogP contribution in [0, 0.1) is 0 Å². The van der Waals surface area contributed by atoms with Crippen LogP contribution in [-0.2, 0) is 32.7 Å². The minimum atomic E-state index is -4.37. The van der Waals surface area contributed by atoms with Crippen LogP contribution in [0.3, 0.4) is 0 Å². The highest BCUT2D eigenvalue weighted by molar-refractivity contribution is 7.47. The minimum absolute atomic E-state index is 0.0373. The number of phosphoric ester groups is 1. The van der Waals surface area contributed by atoms with Crippen LogP contribution in [0.4, 0.5) is 0 Å². The molecular formula is C53H107NO8P+. The molecule has 1 N–H and O–H groups in total. The van der Waals surface area contributed by atoms with E-state index in [4.69, 9.17) is 18.5 Å². The summed E-state index contributed by atoms with van der Waals surface area (Å²) in [5, 5.41) is 0. The number of hydrogen-bond donors (Lipinski definition) is 1. The van der Waals surface area contributed by atoms with Crippen LogP contribution in [0.1, 0.15) is 277 Å². The summed E-state index contributed by atoms with van der Waals surface area (Å²) >= 11 is 0. The maximum Gasteiger partial charge on any atom is 0.472 e. The van der Waals surface area contributed by atoms with Gasteiger partial charge in [-0.25, -0.2) is 4.57 Å². The molecule has 0 aromatic rings. The topological polar surface area (TPSA) is 108 Å². The van der Waals surface area contributed by atoms with E-state index in [0.717, 1.165) is 38.5 Å². The predicted octanol–water partition coefficient (Wildman–Crippen LogP) is 16.3. The van der Waals surface area contributed by atoms with Gasteiger partial charge in [0, 0.05) is 12.8 Å². The third kappa shape index (κ3) is 50.3. The van der Waals surface area contributed by atoms with Crippen LogP contribution in [-0.4, -0.2) is 74.9 Å². The molecule has 0 saturated carbocycles. The Balaban J connectivity index is 4.15. The number of quaternary nitrogens is 1. The average Bonchev–Trinajstić information content (AvgIpc) is 3.24. The molecule has 63 heavy (non-hydrogen) atoms. The van der Waals surface area contributed by atoms with Crippen molar-refractivity contribution in [2.45, 2.75) is 283 Å². The van der Waals surface area contributed by atoms with E-state index < -0.39 is 26.5 Å². The standard InChI is InChI=1S/C53H106NO8P/c1-6-8-10-12-14-16-18-20-22-24-25-26-27-28-30-32-34-36-38-40-42-44-46-53(56)62-51(50-61-63(57,58)60-48-47-54(3,4)5)49-59-52(55)45-43-41-39-37-35-33-31-29-23-21-19-17-15-13-11-9-7-2/h51H,6-50H2,1-5H3/p+1/t51-/m1/s1. The van der Waals surface area contributed by atoms with E-state index in [1.165, 1.54) is 212 Å². The van der Waals surface area contributed by atoms with Crippen LogP contribution in [0.15, 0.2) is 0 Å². The van der Waals surface area contributed by atoms with Crippen LogP contribution < -0.4 is 0 Å². The van der Waals surface area contributed by atoms with Crippen molar-refractivity contribution in [3.8, 4) is 0 Å². The Bertz CT molecular complexity index is 1040. The van der Waals surface area contributed by atoms with Crippen molar-refractivity contribution in [2.24, 2.45) is 0 Å². The van der Waals surface area contributed by atoms with Gasteiger partial charge >= 0.3 is 19.8 Å². The number of ether oxygens (including phenoxy) is 2. The van der Waals surface area contributed by atoms with Crippen LogP contribution >= 0.6 is 7.82 Å². The maximum atomic E-state index is 12.8. The largest absolute Gasteiger partial charge is 0.472 e. The molecule has 1 unspecified atom stereocenters. The molecule has 10 heteroatoms. The maximum absolute atomic E-state index is 12.8. The lowest BCUT2D eigenvalue weighted by Gasteiger charge is -2.24. The monoisotopic (exact) mass is 917 g/mol. The fraction of sp³-hybridized carbons (Fsp3) is 0.962. The first-order valence-corrected chi connectivity index (χ1v) is 28.8. The molecule has 0 bridgehead atoms. The molecule has 9 nitrogen and oxygen atoms in total. The Morgan fingerprint density at radius 1 is 0.429 bits per heavy atom. The lowest BCUT2D eigenvalue weighted by molar-refractivity contribution is -0.870. The number of nitrogens with zero attached hydrogens (tertiary/aromatic N) is 1. The Morgan fingerprint density at radius 2 is 0.714 bits per heavy atom. The molecule has 0 heterocycles. The van der Waals surface area contributed by atoms with Gasteiger partial charge in [0.05, 0.1) is 27.7 Å². The van der Waals surface area contributed by atoms with Gasteiger partial charge in [-0.2, -0.15) is 0 Å². The molecule has 0 spiro atoms. The lowest BCUT2D eigenvalue weighted by Crippen LogP contribution is -2.37. The Labute approximate surface area is 391 Å². The predicted molar refractivity (Wildman–Crippen MR) is 266 cm³/mol. The highest BCUT2D eigenvalue weighted by Crippen LogP contribution is 2.43. The van der Waals surface area contributed by atoms with Crippen molar-refractivity contribution in [3.05, 3.63) is 0 Å². The zero-order chi connectivity index (χ0) is 46.4. The third-order valence-electron chi connectivity index (χ3n) is 12.4. The lowest BCUT2D eigenvalue weighted by atomic mass is 10.0. The zero-order valence-electron chi connectivity index (χ0n) is 42.6. The van der Waals surface area contributed by atoms with Crippen LogP contribution in [0.5, 0.6) is 0 Å². The summed E-state index contributed by atoms with van der Waals surface area (Å²) < 4.78 is 34.5. The summed E-state index contributed by atoms with van der Waals surface area (Å²) in [7, 11) is 1.50. The van der Waals surface area contributed by atoms with E-state index in [-0.39, 0.29) is 25.6 Å². The van der Waals surface area contributed by atoms with Crippen molar-refractivity contribution in [2.75, 3.05) is 47.5 Å². The normalized spacial score (nSPS) is 13.3. The summed E-state index contributed by atoms with van der Waals surface area (Å²) in [4.78, 5) is 35.6. The fourth-order valence-electron chi connectivity index (χ4n) is 8.14. The highest BCUT2D eigenvalue weighted by Gasteiger charge is 2.27. The number of phosphoric acid groups is 1. The Hall–Kier alpha value is -0.990. The number of likely N-dealkylation sites (N-methyl/N-ethyl adjacent to an activating group) is 1. The van der Waals surface area contributed by atoms with Gasteiger partial charge < -0.3 is 18.9 Å². The molecule has 0 saturated heterocycles. The van der Waals surface area contributed by atoms with Crippen molar-refractivity contribution < 1.29 is 42.1 Å². The van der Waals surface area contributed by atoms with Crippen LogP contribution in [0.2, 0.25) is 0 Å². The van der Waals surface area contributed by atoms with Gasteiger partial charge in [-0.05, 0) is 12.8 Å². The number of esters is 2. The van der Waals surface area contributed by atoms with Gasteiger partial charge in [0.2, 0.25) is 0 Å². The molecule has 0 aromatic heterocycles. The summed E-state index contributed by atoms with van der Waals surface area (Å²) in [6, 6.07) is 0. The van der Waals surface area contributed by atoms with Gasteiger partial charge in [0.1, 0.15) is 19.8 Å². The molecule has 0 aliphatic carbocycles. The summed E-state index contributed by atoms with van der Waals surface area (Å²) in [6.07, 6.45) is 50.1. The Morgan fingerprint density at radius 3 is 1.02 bits per heavy atom. The molecule has 0 aliphatic rings. The highest BCUT2D eigenvalue weighted by atomic mass is 31.2. The van der Waals surface area contributed by atoms with Gasteiger partial charge in [-0.3, -0.25) is 18.6 Å². The first-order chi connectivity index (χ1) is 30.5. The SMILES string of the molecule is CCCCCCCCCCCCCCCCCCCCCCCCC(=O)O[C@H](COC(=O)CCCCCCCCCCCCCCCCCCC)COP(=O)(O)OCC[N+](C)(C)C. The molecule has 0 fully saturated rings. The summed E-state index contributed by atoms with van der Waals surface area (Å²) in [6.45, 7) is 4.50. The molecule has 376 valence electrons. The van der Waals surface area contributed by atoms with E-state index in [1.54, 1.807) is 0 Å². The van der Waals surface area contributed by atoms with E-state index in [2.05, 4.69) is 13.8 Å². The van der Waals surface area contributed by atoms with E-state index in [1.807, 2.05) is 21.1 Å². The number of carbonyl (C=O) groups is 2. The molecule has 0 radical (unpaired) electrons. The zero-order valence-corrected chi connectivity index (χ0v) is 43.5. The molecule has 2 atom stereocenters. The molecule has 0 rings (SSSR count). The fourth-order valence-corrected chi connectivity index (χ4v) is 8.88. The summed E-state index contributed by atoms with van der Waals surface area (Å²) in [5.74, 6) is -0.775. The number of rotatable bonds is 51. The van der Waals surface area contributed by atoms with Crippen LogP contribution in [0.25, 0.3) is 0 Å². The number of carbonyl (C=O) groups excluding carboxylic acids is 2. The van der Waals surface area contributed by atoms with Gasteiger partial charge in [-0.15, -0.1) is 0 Å². The average molecular weight is 917 g/mol. The quantitative estimate of drug-likeness (QED) is 0.0278. The van der Waals surface area contributed by atoms with Crippen molar-refractivity contribution in [3.63, 3.8) is 0 Å². The van der Waals surface area contributed by atoms with Gasteiger partial charge in [0.25, 0.3) is 0 Å². The van der Waals surface area contributed by atoms with Crippen molar-refractivity contribution in [1.82, 2.24) is 0 Å². The first-order valence-electron chi connectivity index (χ1n) is 27.3. The number of hydrogen-bond acceptors (Lipinski definition) is 7. The van der Waals surface area contributed by atoms with Crippen molar-refractivity contribution >= 4 is 19.8 Å². The van der Waals surface area contributed by atoms with Gasteiger partial charge in [0.15, 0.2) is 6.10 Å². The number of unbranched alkanes of at least 4 members (excludes halogenated alkanes) is 37. The van der Waals surface area contributed by atoms with E-state index in [0.29, 0.717) is 17.4 Å². The Kier molecular flexibility index (Phi) is 45.4. The van der Waals surface area contributed by atoms with E-state index >= 15 is 0 Å².